The van der Waals surface area contributed by atoms with Gasteiger partial charge in [-0.05, 0) is 59.7 Å². The third-order valence-electron chi connectivity index (χ3n) is 3.98. The van der Waals surface area contributed by atoms with Crippen molar-refractivity contribution in [2.75, 3.05) is 6.79 Å². The minimum atomic E-state index is -0.421. The Bertz CT molecular complexity index is 939. The molecule has 0 radical (unpaired) electrons. The highest BCUT2D eigenvalue weighted by molar-refractivity contribution is 5.91. The zero-order valence-corrected chi connectivity index (χ0v) is 15.3. The van der Waals surface area contributed by atoms with Crippen LogP contribution in [0.3, 0.4) is 0 Å². The van der Waals surface area contributed by atoms with Gasteiger partial charge in [0.25, 0.3) is 0 Å². The molecule has 140 valence electrons. The standard InChI is InChI=1S/C24H20O4/c1-3-18-5-9-20(10-6-18)24(25)28-23-15-13-22(14-16-23)27-17-26-21-11-7-19(4-2)8-12-21/h3-16H,1-2,17H2. The summed E-state index contributed by atoms with van der Waals surface area (Å²) >= 11 is 0. The largest absolute Gasteiger partial charge is 0.458 e. The van der Waals surface area contributed by atoms with E-state index >= 15 is 0 Å². The Hall–Kier alpha value is -3.79. The molecule has 4 heteroatoms. The third-order valence-corrected chi connectivity index (χ3v) is 3.98. The fourth-order valence-corrected chi connectivity index (χ4v) is 2.39. The first-order valence-corrected chi connectivity index (χ1v) is 8.71. The van der Waals surface area contributed by atoms with Crippen molar-refractivity contribution in [3.05, 3.63) is 103 Å². The van der Waals surface area contributed by atoms with E-state index in [0.717, 1.165) is 11.1 Å². The predicted molar refractivity (Wildman–Crippen MR) is 111 cm³/mol. The molecule has 0 unspecified atom stereocenters. The number of rotatable bonds is 8. The molecule has 0 saturated heterocycles. The second-order valence-electron chi connectivity index (χ2n) is 5.87. The van der Waals surface area contributed by atoms with Crippen molar-refractivity contribution in [3.8, 4) is 17.2 Å². The van der Waals surface area contributed by atoms with Crippen LogP contribution in [0, 0.1) is 0 Å². The van der Waals surface area contributed by atoms with E-state index in [-0.39, 0.29) is 6.79 Å². The zero-order valence-electron chi connectivity index (χ0n) is 15.3. The molecule has 0 saturated carbocycles. The van der Waals surface area contributed by atoms with Crippen LogP contribution in [-0.4, -0.2) is 12.8 Å². The lowest BCUT2D eigenvalue weighted by atomic mass is 10.1. The van der Waals surface area contributed by atoms with Crippen LogP contribution in [0.15, 0.2) is 86.0 Å². The van der Waals surface area contributed by atoms with E-state index in [9.17, 15) is 4.79 Å². The molecular formula is C24H20O4. The van der Waals surface area contributed by atoms with Crippen LogP contribution in [0.2, 0.25) is 0 Å². The van der Waals surface area contributed by atoms with Crippen molar-refractivity contribution in [2.24, 2.45) is 0 Å². The van der Waals surface area contributed by atoms with Crippen LogP contribution in [0.25, 0.3) is 12.2 Å². The lowest BCUT2D eigenvalue weighted by Crippen LogP contribution is -2.08. The van der Waals surface area contributed by atoms with E-state index in [1.807, 2.05) is 36.4 Å². The van der Waals surface area contributed by atoms with Crippen molar-refractivity contribution < 1.29 is 19.0 Å². The van der Waals surface area contributed by atoms with Gasteiger partial charge in [-0.25, -0.2) is 4.79 Å². The van der Waals surface area contributed by atoms with E-state index < -0.39 is 5.97 Å². The van der Waals surface area contributed by atoms with Gasteiger partial charge in [0.15, 0.2) is 0 Å². The lowest BCUT2D eigenvalue weighted by Gasteiger charge is -2.09. The molecule has 0 aliphatic heterocycles. The monoisotopic (exact) mass is 372 g/mol. The Morgan fingerprint density at radius 1 is 0.679 bits per heavy atom. The maximum absolute atomic E-state index is 12.2. The van der Waals surface area contributed by atoms with Crippen LogP contribution in [0.4, 0.5) is 0 Å². The highest BCUT2D eigenvalue weighted by Gasteiger charge is 2.08. The van der Waals surface area contributed by atoms with Crippen LogP contribution < -0.4 is 14.2 Å². The fraction of sp³-hybridized carbons (Fsp3) is 0.0417. The summed E-state index contributed by atoms with van der Waals surface area (Å²) in [7, 11) is 0. The molecule has 3 aromatic rings. The molecule has 0 bridgehead atoms. The quantitative estimate of drug-likeness (QED) is 0.293. The number of ether oxygens (including phenoxy) is 3. The maximum Gasteiger partial charge on any atom is 0.343 e. The van der Waals surface area contributed by atoms with Gasteiger partial charge in [0.05, 0.1) is 5.56 Å². The molecule has 0 aliphatic rings. The van der Waals surface area contributed by atoms with Gasteiger partial charge in [0.2, 0.25) is 6.79 Å². The Morgan fingerprint density at radius 3 is 1.61 bits per heavy atom. The van der Waals surface area contributed by atoms with E-state index in [1.165, 1.54) is 0 Å². The SMILES string of the molecule is C=Cc1ccc(OCOc2ccc(OC(=O)c3ccc(C=C)cc3)cc2)cc1. The van der Waals surface area contributed by atoms with Gasteiger partial charge in [0, 0.05) is 0 Å². The molecule has 0 aromatic heterocycles. The number of carbonyl (C=O) groups excluding carboxylic acids is 1. The van der Waals surface area contributed by atoms with Gasteiger partial charge in [-0.15, -0.1) is 0 Å². The summed E-state index contributed by atoms with van der Waals surface area (Å²) in [6.07, 6.45) is 3.48. The maximum atomic E-state index is 12.2. The van der Waals surface area contributed by atoms with Crippen molar-refractivity contribution in [3.63, 3.8) is 0 Å². The molecule has 0 fully saturated rings. The number of benzene rings is 3. The molecule has 0 N–H and O–H groups in total. The molecule has 0 amide bonds. The van der Waals surface area contributed by atoms with E-state index in [1.54, 1.807) is 48.6 Å². The van der Waals surface area contributed by atoms with Crippen LogP contribution in [-0.2, 0) is 0 Å². The number of hydrogen-bond acceptors (Lipinski definition) is 4. The Labute approximate surface area is 164 Å². The molecule has 0 spiro atoms. The van der Waals surface area contributed by atoms with Crippen LogP contribution in [0.5, 0.6) is 17.2 Å². The Kier molecular flexibility index (Phi) is 6.26. The van der Waals surface area contributed by atoms with E-state index in [0.29, 0.717) is 22.8 Å². The molecule has 0 aliphatic carbocycles. The summed E-state index contributed by atoms with van der Waals surface area (Å²) in [4.78, 5) is 12.2. The highest BCUT2D eigenvalue weighted by atomic mass is 16.7. The van der Waals surface area contributed by atoms with Gasteiger partial charge in [-0.2, -0.15) is 0 Å². The summed E-state index contributed by atoms with van der Waals surface area (Å²) in [6.45, 7) is 7.47. The minimum Gasteiger partial charge on any atom is -0.458 e. The first-order chi connectivity index (χ1) is 13.7. The molecule has 0 atom stereocenters. The van der Waals surface area contributed by atoms with E-state index in [2.05, 4.69) is 13.2 Å². The first kappa shape index (κ1) is 19.0. The zero-order chi connectivity index (χ0) is 19.8. The smallest absolute Gasteiger partial charge is 0.343 e. The summed E-state index contributed by atoms with van der Waals surface area (Å²) in [5.74, 6) is 1.33. The normalized spacial score (nSPS) is 10.0. The molecule has 0 heterocycles. The topological polar surface area (TPSA) is 44.8 Å². The van der Waals surface area contributed by atoms with Crippen LogP contribution >= 0.6 is 0 Å². The Morgan fingerprint density at radius 2 is 1.11 bits per heavy atom. The number of hydrogen-bond donors (Lipinski definition) is 0. The van der Waals surface area contributed by atoms with Crippen LogP contribution in [0.1, 0.15) is 21.5 Å². The number of esters is 1. The molecular weight excluding hydrogens is 352 g/mol. The second kappa shape index (κ2) is 9.24. The van der Waals surface area contributed by atoms with Crippen molar-refractivity contribution in [1.82, 2.24) is 0 Å². The fourth-order valence-electron chi connectivity index (χ4n) is 2.39. The van der Waals surface area contributed by atoms with Gasteiger partial charge < -0.3 is 14.2 Å². The first-order valence-electron chi connectivity index (χ1n) is 8.71. The summed E-state index contributed by atoms with van der Waals surface area (Å²) < 4.78 is 16.4. The van der Waals surface area contributed by atoms with Gasteiger partial charge in [-0.3, -0.25) is 0 Å². The van der Waals surface area contributed by atoms with Crippen molar-refractivity contribution in [2.45, 2.75) is 0 Å². The second-order valence-corrected chi connectivity index (χ2v) is 5.87. The summed E-state index contributed by atoms with van der Waals surface area (Å²) in [5, 5.41) is 0. The average Bonchev–Trinajstić information content (AvgIpc) is 2.75. The third kappa shape index (κ3) is 5.11. The van der Waals surface area contributed by atoms with Crippen molar-refractivity contribution >= 4 is 18.1 Å². The van der Waals surface area contributed by atoms with E-state index in [4.69, 9.17) is 14.2 Å². The molecule has 28 heavy (non-hydrogen) atoms. The highest BCUT2D eigenvalue weighted by Crippen LogP contribution is 2.20. The van der Waals surface area contributed by atoms with Crippen molar-refractivity contribution in [1.29, 1.82) is 0 Å². The molecule has 3 rings (SSSR count). The lowest BCUT2D eigenvalue weighted by molar-refractivity contribution is 0.0734. The van der Waals surface area contributed by atoms with Gasteiger partial charge >= 0.3 is 5.97 Å². The number of carbonyl (C=O) groups is 1. The minimum absolute atomic E-state index is 0.0716. The Balaban J connectivity index is 1.50. The average molecular weight is 372 g/mol. The van der Waals surface area contributed by atoms with Gasteiger partial charge in [0.1, 0.15) is 17.2 Å². The molecule has 4 nitrogen and oxygen atoms in total. The summed E-state index contributed by atoms with van der Waals surface area (Å²) in [6, 6.07) is 21.3. The summed E-state index contributed by atoms with van der Waals surface area (Å²) in [5.41, 5.74) is 2.44. The predicted octanol–water partition coefficient (Wildman–Crippen LogP) is 5.61. The molecule has 3 aromatic carbocycles. The van der Waals surface area contributed by atoms with Gasteiger partial charge in [-0.1, -0.05) is 49.6 Å².